The van der Waals surface area contributed by atoms with E-state index in [0.29, 0.717) is 13.2 Å². The molecule has 1 unspecified atom stereocenters. The van der Waals surface area contributed by atoms with Crippen LogP contribution in [0.1, 0.15) is 32.8 Å². The van der Waals surface area contributed by atoms with Gasteiger partial charge in [-0.3, -0.25) is 9.80 Å². The predicted molar refractivity (Wildman–Crippen MR) is 94.4 cm³/mol. The van der Waals surface area contributed by atoms with Crippen LogP contribution in [0.15, 0.2) is 24.3 Å². The molecule has 0 spiro atoms. The molecule has 0 amide bonds. The van der Waals surface area contributed by atoms with Crippen molar-refractivity contribution in [1.29, 1.82) is 0 Å². The van der Waals surface area contributed by atoms with E-state index in [0.717, 1.165) is 44.7 Å². The molecule has 1 saturated heterocycles. The van der Waals surface area contributed by atoms with Crippen molar-refractivity contribution >= 4 is 0 Å². The maximum absolute atomic E-state index is 13.0. The van der Waals surface area contributed by atoms with E-state index in [9.17, 15) is 9.50 Å². The van der Waals surface area contributed by atoms with Crippen LogP contribution in [0.25, 0.3) is 0 Å². The Balaban J connectivity index is 1.74. The number of rotatable bonds is 6. The van der Waals surface area contributed by atoms with Gasteiger partial charge < -0.3 is 9.84 Å². The maximum atomic E-state index is 13.0. The quantitative estimate of drug-likeness (QED) is 0.865. The Hall–Kier alpha value is -1.01. The molecule has 0 bridgehead atoms. The van der Waals surface area contributed by atoms with Crippen molar-refractivity contribution in [2.24, 2.45) is 0 Å². The van der Waals surface area contributed by atoms with E-state index in [2.05, 4.69) is 9.80 Å². The van der Waals surface area contributed by atoms with E-state index >= 15 is 0 Å². The first-order valence-corrected chi connectivity index (χ1v) is 8.83. The molecule has 24 heavy (non-hydrogen) atoms. The van der Waals surface area contributed by atoms with E-state index in [1.807, 2.05) is 32.9 Å². The first kappa shape index (κ1) is 19.3. The minimum absolute atomic E-state index is 0.188. The lowest BCUT2D eigenvalue weighted by Crippen LogP contribution is -2.38. The lowest BCUT2D eigenvalue weighted by molar-refractivity contribution is -0.0558. The molecule has 1 heterocycles. The monoisotopic (exact) mass is 338 g/mol. The summed E-state index contributed by atoms with van der Waals surface area (Å²) < 4.78 is 18.6. The van der Waals surface area contributed by atoms with Crippen molar-refractivity contribution < 1.29 is 14.2 Å². The van der Waals surface area contributed by atoms with Gasteiger partial charge >= 0.3 is 0 Å². The molecule has 1 fully saturated rings. The smallest absolute Gasteiger partial charge is 0.123 e. The molecular formula is C19H31FN2O2. The highest BCUT2D eigenvalue weighted by molar-refractivity contribution is 5.15. The molecule has 1 aliphatic rings. The van der Waals surface area contributed by atoms with E-state index in [1.54, 1.807) is 0 Å². The Kier molecular flexibility index (Phi) is 7.16. The Bertz CT molecular complexity index is 487. The number of aliphatic hydroxyl groups excluding tert-OH is 1. The molecule has 0 aliphatic carbocycles. The first-order chi connectivity index (χ1) is 11.3. The minimum Gasteiger partial charge on any atom is -0.389 e. The van der Waals surface area contributed by atoms with Crippen molar-refractivity contribution in [1.82, 2.24) is 9.80 Å². The van der Waals surface area contributed by atoms with Crippen molar-refractivity contribution in [3.05, 3.63) is 35.6 Å². The average molecular weight is 338 g/mol. The van der Waals surface area contributed by atoms with Crippen LogP contribution in [0.5, 0.6) is 0 Å². The summed E-state index contributed by atoms with van der Waals surface area (Å²) in [4.78, 5) is 4.70. The summed E-state index contributed by atoms with van der Waals surface area (Å²) in [5, 5.41) is 10.2. The van der Waals surface area contributed by atoms with Crippen LogP contribution in [0.4, 0.5) is 4.39 Å². The standard InChI is InChI=1S/C19H31FN2O2/c1-19(2,3)24-15-18(23)14-22-10-4-9-21(11-12-22)13-16-5-7-17(20)8-6-16/h5-8,18,23H,4,9-15H2,1-3H3. The highest BCUT2D eigenvalue weighted by atomic mass is 19.1. The SMILES string of the molecule is CC(C)(C)OCC(O)CN1CCCN(Cc2ccc(F)cc2)CC1. The molecule has 1 aromatic rings. The number of hydrogen-bond donors (Lipinski definition) is 1. The molecule has 1 atom stereocenters. The number of ether oxygens (including phenoxy) is 1. The van der Waals surface area contributed by atoms with Gasteiger partial charge in [-0.25, -0.2) is 4.39 Å². The van der Waals surface area contributed by atoms with Gasteiger partial charge in [-0.15, -0.1) is 0 Å². The molecule has 136 valence electrons. The molecule has 1 aliphatic heterocycles. The van der Waals surface area contributed by atoms with Gasteiger partial charge in [0.15, 0.2) is 0 Å². The van der Waals surface area contributed by atoms with Gasteiger partial charge in [0.1, 0.15) is 5.82 Å². The Morgan fingerprint density at radius 1 is 1.08 bits per heavy atom. The van der Waals surface area contributed by atoms with Gasteiger partial charge in [0.25, 0.3) is 0 Å². The Labute approximate surface area is 145 Å². The largest absolute Gasteiger partial charge is 0.389 e. The summed E-state index contributed by atoms with van der Waals surface area (Å²) in [5.74, 6) is -0.188. The summed E-state index contributed by atoms with van der Waals surface area (Å²) in [6.07, 6.45) is 0.626. The van der Waals surface area contributed by atoms with Gasteiger partial charge in [0.05, 0.1) is 18.3 Å². The maximum Gasteiger partial charge on any atom is 0.123 e. The molecule has 2 rings (SSSR count). The lowest BCUT2D eigenvalue weighted by Gasteiger charge is -2.26. The molecule has 1 aromatic carbocycles. The van der Waals surface area contributed by atoms with Crippen molar-refractivity contribution in [3.63, 3.8) is 0 Å². The van der Waals surface area contributed by atoms with Crippen molar-refractivity contribution in [3.8, 4) is 0 Å². The van der Waals surface area contributed by atoms with Crippen LogP contribution in [0.2, 0.25) is 0 Å². The lowest BCUT2D eigenvalue weighted by atomic mass is 10.2. The van der Waals surface area contributed by atoms with Crippen molar-refractivity contribution in [2.45, 2.75) is 45.4 Å². The van der Waals surface area contributed by atoms with Crippen LogP contribution in [0, 0.1) is 5.82 Å². The second-order valence-corrected chi connectivity index (χ2v) is 7.63. The summed E-state index contributed by atoms with van der Waals surface area (Å²) in [5.41, 5.74) is 0.926. The molecule has 0 aromatic heterocycles. The van der Waals surface area contributed by atoms with E-state index < -0.39 is 6.10 Å². The summed E-state index contributed by atoms with van der Waals surface area (Å²) in [6, 6.07) is 6.74. The summed E-state index contributed by atoms with van der Waals surface area (Å²) in [6.45, 7) is 11.8. The highest BCUT2D eigenvalue weighted by Crippen LogP contribution is 2.11. The Morgan fingerprint density at radius 3 is 2.38 bits per heavy atom. The fourth-order valence-electron chi connectivity index (χ4n) is 2.91. The van der Waals surface area contributed by atoms with Crippen LogP contribution >= 0.6 is 0 Å². The van der Waals surface area contributed by atoms with Crippen LogP contribution in [0.3, 0.4) is 0 Å². The third kappa shape index (κ3) is 7.26. The molecule has 1 N–H and O–H groups in total. The van der Waals surface area contributed by atoms with E-state index in [1.165, 1.54) is 12.1 Å². The number of hydrogen-bond acceptors (Lipinski definition) is 4. The normalized spacial score (nSPS) is 19.2. The number of aliphatic hydroxyl groups is 1. The second-order valence-electron chi connectivity index (χ2n) is 7.63. The number of β-amino-alcohol motifs (C(OH)–C–C–N with tert-alkyl or cyclic N) is 1. The predicted octanol–water partition coefficient (Wildman–Crippen LogP) is 2.51. The average Bonchev–Trinajstić information content (AvgIpc) is 2.72. The van der Waals surface area contributed by atoms with E-state index in [4.69, 9.17) is 4.74 Å². The van der Waals surface area contributed by atoms with Gasteiger partial charge in [0.2, 0.25) is 0 Å². The topological polar surface area (TPSA) is 35.9 Å². The second kappa shape index (κ2) is 8.90. The fraction of sp³-hybridized carbons (Fsp3) is 0.684. The number of benzene rings is 1. The Morgan fingerprint density at radius 2 is 1.71 bits per heavy atom. The third-order valence-corrected chi connectivity index (χ3v) is 4.18. The fourth-order valence-corrected chi connectivity index (χ4v) is 2.91. The zero-order valence-corrected chi connectivity index (χ0v) is 15.2. The van der Waals surface area contributed by atoms with Crippen LogP contribution in [-0.4, -0.2) is 65.9 Å². The number of nitrogens with zero attached hydrogens (tertiary/aromatic N) is 2. The van der Waals surface area contributed by atoms with Gasteiger partial charge in [-0.2, -0.15) is 0 Å². The molecule has 0 saturated carbocycles. The molecule has 0 radical (unpaired) electrons. The van der Waals surface area contributed by atoms with Gasteiger partial charge in [-0.1, -0.05) is 12.1 Å². The van der Waals surface area contributed by atoms with Crippen LogP contribution < -0.4 is 0 Å². The summed E-state index contributed by atoms with van der Waals surface area (Å²) >= 11 is 0. The van der Waals surface area contributed by atoms with Gasteiger partial charge in [0, 0.05) is 26.2 Å². The summed E-state index contributed by atoms with van der Waals surface area (Å²) in [7, 11) is 0. The zero-order chi connectivity index (χ0) is 17.6. The molecule has 5 heteroatoms. The minimum atomic E-state index is -0.451. The first-order valence-electron chi connectivity index (χ1n) is 8.83. The van der Waals surface area contributed by atoms with E-state index in [-0.39, 0.29) is 11.4 Å². The molecule has 4 nitrogen and oxygen atoms in total. The van der Waals surface area contributed by atoms with Gasteiger partial charge in [-0.05, 0) is 58.0 Å². The van der Waals surface area contributed by atoms with Crippen LogP contribution in [-0.2, 0) is 11.3 Å². The van der Waals surface area contributed by atoms with Crippen molar-refractivity contribution in [2.75, 3.05) is 39.3 Å². The molecular weight excluding hydrogens is 307 g/mol. The zero-order valence-electron chi connectivity index (χ0n) is 15.2. The third-order valence-electron chi connectivity index (χ3n) is 4.18. The number of halogens is 1. The highest BCUT2D eigenvalue weighted by Gasteiger charge is 2.19.